The number of allylic oxidation sites excluding steroid dienone is 4. The molecule has 0 saturated carbocycles. The van der Waals surface area contributed by atoms with Gasteiger partial charge in [0.1, 0.15) is 0 Å². The van der Waals surface area contributed by atoms with Gasteiger partial charge in [0.2, 0.25) is 0 Å². The van der Waals surface area contributed by atoms with Gasteiger partial charge >= 0.3 is 0 Å². The van der Waals surface area contributed by atoms with E-state index in [1.165, 1.54) is 44.5 Å². The van der Waals surface area contributed by atoms with Crippen LogP contribution in [-0.2, 0) is 5.41 Å². The normalized spacial score (nSPS) is 13.8. The summed E-state index contributed by atoms with van der Waals surface area (Å²) in [5.41, 5.74) is 12.4. The number of terminal acetylenes is 1. The average molecular weight is 562 g/mol. The number of fused-ring (bicyclic) bond motifs is 10. The first-order valence-corrected chi connectivity index (χ1v) is 14.8. The largest absolute Gasteiger partial charge is 0.208 e. The molecule has 0 fully saturated rings. The maximum Gasteiger partial charge on any atom is 0.164 e. The van der Waals surface area contributed by atoms with Crippen molar-refractivity contribution in [3.05, 3.63) is 168 Å². The summed E-state index contributed by atoms with van der Waals surface area (Å²) in [7, 11) is 0. The number of hydrogen-bond acceptors (Lipinski definition) is 3. The van der Waals surface area contributed by atoms with E-state index in [4.69, 9.17) is 21.4 Å². The van der Waals surface area contributed by atoms with E-state index in [2.05, 4.69) is 96.9 Å². The molecule has 3 heteroatoms. The highest BCUT2D eigenvalue weighted by atomic mass is 15.0. The van der Waals surface area contributed by atoms with Crippen molar-refractivity contribution in [1.82, 2.24) is 15.0 Å². The van der Waals surface area contributed by atoms with Crippen molar-refractivity contribution in [3.63, 3.8) is 0 Å². The number of aromatic nitrogens is 3. The Labute approximate surface area is 257 Å². The molecule has 3 nitrogen and oxygen atoms in total. The number of rotatable bonds is 4. The first-order valence-electron chi connectivity index (χ1n) is 14.8. The second-order valence-electron chi connectivity index (χ2n) is 11.1. The highest BCUT2D eigenvalue weighted by Crippen LogP contribution is 2.62. The van der Waals surface area contributed by atoms with Gasteiger partial charge in [-0.05, 0) is 63.6 Å². The van der Waals surface area contributed by atoms with Crippen molar-refractivity contribution in [1.29, 1.82) is 0 Å². The molecule has 0 unspecified atom stereocenters. The minimum absolute atomic E-state index is 0.438. The molecule has 0 aliphatic heterocycles. The quantitative estimate of drug-likeness (QED) is 0.159. The summed E-state index contributed by atoms with van der Waals surface area (Å²) in [4.78, 5) is 14.9. The topological polar surface area (TPSA) is 38.7 Å². The third kappa shape index (κ3) is 3.68. The fourth-order valence-corrected chi connectivity index (χ4v) is 7.04. The zero-order chi connectivity index (χ0) is 29.7. The molecule has 6 aromatic rings. The SMILES string of the molecule is C#CC=C(C=CC)c1nc(-c2ccccc2)nc(-c2ccc3c(c2)C2(c4ccccc4-c4ccccc42)c2ccccc2-3)n1. The van der Waals surface area contributed by atoms with E-state index in [0.717, 1.165) is 16.7 Å². The van der Waals surface area contributed by atoms with E-state index in [1.807, 2.05) is 49.4 Å². The molecule has 8 rings (SSSR count). The minimum atomic E-state index is -0.438. The van der Waals surface area contributed by atoms with Crippen molar-refractivity contribution in [3.8, 4) is 57.4 Å². The van der Waals surface area contributed by atoms with Gasteiger partial charge in [0.15, 0.2) is 17.5 Å². The Hall–Kier alpha value is -5.85. The minimum Gasteiger partial charge on any atom is -0.208 e. The van der Waals surface area contributed by atoms with Crippen LogP contribution < -0.4 is 0 Å². The summed E-state index contributed by atoms with van der Waals surface area (Å²) in [6, 6.07) is 43.1. The van der Waals surface area contributed by atoms with E-state index in [-0.39, 0.29) is 0 Å². The van der Waals surface area contributed by atoms with Crippen LogP contribution in [0.4, 0.5) is 0 Å². The molecule has 0 N–H and O–H groups in total. The van der Waals surface area contributed by atoms with Gasteiger partial charge in [-0.3, -0.25) is 0 Å². The standard InChI is InChI=1S/C41H27N3/c1-3-14-27(15-4-2)38-42-39(28-16-6-5-7-17-28)44-40(43-38)29-24-25-33-32-20-10-13-23-36(32)41(37(33)26-29)34-21-11-8-18-30(34)31-19-9-12-22-35(31)41/h1,4-26H,2H3. The summed E-state index contributed by atoms with van der Waals surface area (Å²) in [5.74, 6) is 4.40. The van der Waals surface area contributed by atoms with E-state index >= 15 is 0 Å². The van der Waals surface area contributed by atoms with E-state index in [0.29, 0.717) is 17.5 Å². The fraction of sp³-hybridized carbons (Fsp3) is 0.0488. The average Bonchev–Trinajstić information content (AvgIpc) is 3.55. The van der Waals surface area contributed by atoms with E-state index in [1.54, 1.807) is 6.08 Å². The lowest BCUT2D eigenvalue weighted by Crippen LogP contribution is -2.25. The van der Waals surface area contributed by atoms with Gasteiger partial charge in [0.05, 0.1) is 5.41 Å². The Kier molecular flexibility index (Phi) is 5.96. The highest BCUT2D eigenvalue weighted by molar-refractivity contribution is 5.95. The molecule has 1 heterocycles. The fourth-order valence-electron chi connectivity index (χ4n) is 7.04. The molecular weight excluding hydrogens is 534 g/mol. The number of benzene rings is 5. The zero-order valence-electron chi connectivity index (χ0n) is 24.2. The highest BCUT2D eigenvalue weighted by Gasteiger charge is 2.51. The Morgan fingerprint density at radius 3 is 1.68 bits per heavy atom. The molecule has 0 amide bonds. The molecule has 0 atom stereocenters. The molecule has 0 bridgehead atoms. The predicted octanol–water partition coefficient (Wildman–Crippen LogP) is 9.14. The first-order chi connectivity index (χ1) is 21.7. The maximum atomic E-state index is 5.71. The lowest BCUT2D eigenvalue weighted by molar-refractivity contribution is 0.794. The van der Waals surface area contributed by atoms with Crippen molar-refractivity contribution in [2.24, 2.45) is 0 Å². The molecule has 5 aromatic carbocycles. The summed E-state index contributed by atoms with van der Waals surface area (Å²) in [6.45, 7) is 1.96. The van der Waals surface area contributed by atoms with Crippen molar-refractivity contribution in [2.75, 3.05) is 0 Å². The van der Waals surface area contributed by atoms with Crippen LogP contribution >= 0.6 is 0 Å². The molecule has 1 aromatic heterocycles. The lowest BCUT2D eigenvalue weighted by Gasteiger charge is -2.30. The second kappa shape index (κ2) is 10.2. The molecular formula is C41H27N3. The Balaban J connectivity index is 1.41. The van der Waals surface area contributed by atoms with Crippen LogP contribution in [0.2, 0.25) is 0 Å². The van der Waals surface area contributed by atoms with E-state index < -0.39 is 5.41 Å². The van der Waals surface area contributed by atoms with E-state index in [9.17, 15) is 0 Å². The molecule has 44 heavy (non-hydrogen) atoms. The monoisotopic (exact) mass is 561 g/mol. The molecule has 2 aliphatic carbocycles. The van der Waals surface area contributed by atoms with Crippen LogP contribution in [0.1, 0.15) is 35.0 Å². The Morgan fingerprint density at radius 2 is 1.11 bits per heavy atom. The lowest BCUT2D eigenvalue weighted by atomic mass is 9.70. The van der Waals surface area contributed by atoms with Gasteiger partial charge in [-0.15, -0.1) is 6.42 Å². The summed E-state index contributed by atoms with van der Waals surface area (Å²) in [6.07, 6.45) is 11.3. The molecule has 0 saturated heterocycles. The van der Waals surface area contributed by atoms with Crippen molar-refractivity contribution < 1.29 is 0 Å². The Bertz CT molecular complexity index is 2130. The smallest absolute Gasteiger partial charge is 0.164 e. The van der Waals surface area contributed by atoms with Crippen LogP contribution in [0.15, 0.2) is 140 Å². The van der Waals surface area contributed by atoms with Crippen molar-refractivity contribution in [2.45, 2.75) is 12.3 Å². The molecule has 206 valence electrons. The van der Waals surface area contributed by atoms with Crippen LogP contribution in [0.3, 0.4) is 0 Å². The number of hydrogen-bond donors (Lipinski definition) is 0. The zero-order valence-corrected chi connectivity index (χ0v) is 24.2. The molecule has 0 radical (unpaired) electrons. The maximum absolute atomic E-state index is 5.71. The van der Waals surface area contributed by atoms with Crippen LogP contribution in [0.25, 0.3) is 50.6 Å². The third-order valence-electron chi connectivity index (χ3n) is 8.77. The molecule has 2 aliphatic rings. The van der Waals surface area contributed by atoms with Crippen LogP contribution in [-0.4, -0.2) is 15.0 Å². The van der Waals surface area contributed by atoms with Gasteiger partial charge in [0, 0.05) is 16.7 Å². The van der Waals surface area contributed by atoms with Gasteiger partial charge in [-0.2, -0.15) is 0 Å². The summed E-state index contributed by atoms with van der Waals surface area (Å²) in [5, 5.41) is 0. The Morgan fingerprint density at radius 1 is 0.591 bits per heavy atom. The number of nitrogens with zero attached hydrogens (tertiary/aromatic N) is 3. The van der Waals surface area contributed by atoms with Crippen LogP contribution in [0, 0.1) is 12.3 Å². The summed E-state index contributed by atoms with van der Waals surface area (Å²) >= 11 is 0. The van der Waals surface area contributed by atoms with Gasteiger partial charge < -0.3 is 0 Å². The first kappa shape index (κ1) is 25.8. The van der Waals surface area contributed by atoms with Gasteiger partial charge in [-0.25, -0.2) is 15.0 Å². The van der Waals surface area contributed by atoms with Gasteiger partial charge in [-0.1, -0.05) is 133 Å². The second-order valence-corrected chi connectivity index (χ2v) is 11.1. The summed E-state index contributed by atoms with van der Waals surface area (Å²) < 4.78 is 0. The molecule has 1 spiro atoms. The van der Waals surface area contributed by atoms with Crippen LogP contribution in [0.5, 0.6) is 0 Å². The van der Waals surface area contributed by atoms with Gasteiger partial charge in [0.25, 0.3) is 0 Å². The predicted molar refractivity (Wildman–Crippen MR) is 179 cm³/mol. The van der Waals surface area contributed by atoms with Crippen molar-refractivity contribution >= 4 is 5.57 Å². The third-order valence-corrected chi connectivity index (χ3v) is 8.77.